The number of hydrogen-bond acceptors (Lipinski definition) is 2. The summed E-state index contributed by atoms with van der Waals surface area (Å²) in [7, 11) is 0. The van der Waals surface area contributed by atoms with Gasteiger partial charge in [0.25, 0.3) is 0 Å². The van der Waals surface area contributed by atoms with E-state index in [1.165, 1.54) is 43.9 Å². The average Bonchev–Trinajstić information content (AvgIpc) is 2.32. The zero-order valence-corrected chi connectivity index (χ0v) is 11.1. The van der Waals surface area contributed by atoms with Crippen LogP contribution in [0.15, 0.2) is 18.2 Å². The third-order valence-corrected chi connectivity index (χ3v) is 3.88. The Kier molecular flexibility index (Phi) is 4.23. The number of phenols is 1. The molecule has 1 aromatic rings. The fourth-order valence-corrected chi connectivity index (χ4v) is 2.90. The molecule has 2 nitrogen and oxygen atoms in total. The van der Waals surface area contributed by atoms with Gasteiger partial charge in [-0.05, 0) is 43.9 Å². The number of hydrogen-bond donors (Lipinski definition) is 2. The lowest BCUT2D eigenvalue weighted by atomic mass is 9.86. The van der Waals surface area contributed by atoms with Gasteiger partial charge in [-0.25, -0.2) is 4.39 Å². The van der Waals surface area contributed by atoms with Gasteiger partial charge >= 0.3 is 0 Å². The highest BCUT2D eigenvalue weighted by Crippen LogP contribution is 2.29. The summed E-state index contributed by atoms with van der Waals surface area (Å²) < 4.78 is 13.2. The normalized spacial score (nSPS) is 25.9. The molecule has 3 heteroatoms. The lowest BCUT2D eigenvalue weighted by Crippen LogP contribution is -2.35. The summed E-state index contributed by atoms with van der Waals surface area (Å²) in [4.78, 5) is 0. The van der Waals surface area contributed by atoms with Crippen molar-refractivity contribution in [1.29, 1.82) is 0 Å². The number of aromatic hydroxyl groups is 1. The van der Waals surface area contributed by atoms with Crippen LogP contribution in [0.4, 0.5) is 4.39 Å². The summed E-state index contributed by atoms with van der Waals surface area (Å²) in [5, 5.41) is 13.3. The molecule has 1 fully saturated rings. The first kappa shape index (κ1) is 13.3. The minimum atomic E-state index is -0.298. The van der Waals surface area contributed by atoms with Gasteiger partial charge in [0.2, 0.25) is 0 Å². The Morgan fingerprint density at radius 1 is 1.39 bits per heavy atom. The van der Waals surface area contributed by atoms with Crippen molar-refractivity contribution in [2.45, 2.75) is 51.6 Å². The molecule has 0 aromatic heterocycles. The van der Waals surface area contributed by atoms with E-state index in [0.717, 1.165) is 5.92 Å². The van der Waals surface area contributed by atoms with Crippen molar-refractivity contribution < 1.29 is 9.50 Å². The molecular formula is C15H22FNO. The molecule has 0 radical (unpaired) electrons. The number of rotatable bonds is 3. The molecule has 1 aromatic carbocycles. The molecule has 1 saturated carbocycles. The molecule has 0 saturated heterocycles. The van der Waals surface area contributed by atoms with E-state index < -0.39 is 0 Å². The highest BCUT2D eigenvalue weighted by atomic mass is 19.1. The van der Waals surface area contributed by atoms with Crippen molar-refractivity contribution in [3.05, 3.63) is 29.6 Å². The molecule has 2 N–H and O–H groups in total. The van der Waals surface area contributed by atoms with Gasteiger partial charge < -0.3 is 10.4 Å². The Hall–Kier alpha value is -1.09. The fourth-order valence-electron chi connectivity index (χ4n) is 2.90. The second kappa shape index (κ2) is 5.70. The molecular weight excluding hydrogens is 229 g/mol. The minimum absolute atomic E-state index is 0.0176. The maximum absolute atomic E-state index is 13.2. The van der Waals surface area contributed by atoms with Crippen LogP contribution in [0.2, 0.25) is 0 Å². The van der Waals surface area contributed by atoms with Crippen LogP contribution in [0, 0.1) is 11.7 Å². The topological polar surface area (TPSA) is 32.3 Å². The van der Waals surface area contributed by atoms with Gasteiger partial charge in [-0.2, -0.15) is 0 Å². The van der Waals surface area contributed by atoms with E-state index in [2.05, 4.69) is 12.2 Å². The Morgan fingerprint density at radius 3 is 2.89 bits per heavy atom. The number of benzene rings is 1. The molecule has 0 spiro atoms. The van der Waals surface area contributed by atoms with Gasteiger partial charge in [0.15, 0.2) is 0 Å². The van der Waals surface area contributed by atoms with Crippen LogP contribution < -0.4 is 5.32 Å². The molecule has 0 amide bonds. The van der Waals surface area contributed by atoms with Crippen molar-refractivity contribution >= 4 is 0 Å². The molecule has 0 bridgehead atoms. The van der Waals surface area contributed by atoms with Gasteiger partial charge in [-0.1, -0.05) is 19.8 Å². The summed E-state index contributed by atoms with van der Waals surface area (Å²) in [5.74, 6) is 0.623. The lowest BCUT2D eigenvalue weighted by Gasteiger charge is -2.30. The summed E-state index contributed by atoms with van der Waals surface area (Å²) in [6.45, 7) is 4.26. The Balaban J connectivity index is 2.02. The van der Waals surface area contributed by atoms with Crippen molar-refractivity contribution in [3.63, 3.8) is 0 Å². The Morgan fingerprint density at radius 2 is 2.17 bits per heavy atom. The number of halogens is 1. The van der Waals surface area contributed by atoms with E-state index in [1.54, 1.807) is 0 Å². The molecule has 100 valence electrons. The van der Waals surface area contributed by atoms with Crippen LogP contribution in [0.25, 0.3) is 0 Å². The zero-order valence-electron chi connectivity index (χ0n) is 11.1. The van der Waals surface area contributed by atoms with Gasteiger partial charge in [0.05, 0.1) is 0 Å². The summed E-state index contributed by atoms with van der Waals surface area (Å²) in [6, 6.07) is 4.59. The third-order valence-electron chi connectivity index (χ3n) is 3.88. The van der Waals surface area contributed by atoms with E-state index >= 15 is 0 Å². The van der Waals surface area contributed by atoms with E-state index in [0.29, 0.717) is 11.6 Å². The zero-order chi connectivity index (χ0) is 13.1. The van der Waals surface area contributed by atoms with Gasteiger partial charge in [-0.3, -0.25) is 0 Å². The van der Waals surface area contributed by atoms with Crippen molar-refractivity contribution in [2.24, 2.45) is 5.92 Å². The molecule has 3 unspecified atom stereocenters. The molecule has 1 aliphatic carbocycles. The second-order valence-electron chi connectivity index (χ2n) is 5.56. The second-order valence-corrected chi connectivity index (χ2v) is 5.56. The maximum atomic E-state index is 13.2. The van der Waals surface area contributed by atoms with Crippen LogP contribution >= 0.6 is 0 Å². The fraction of sp³-hybridized carbons (Fsp3) is 0.600. The predicted molar refractivity (Wildman–Crippen MR) is 71.0 cm³/mol. The van der Waals surface area contributed by atoms with Crippen LogP contribution in [-0.4, -0.2) is 11.1 Å². The first-order chi connectivity index (χ1) is 8.56. The average molecular weight is 251 g/mol. The van der Waals surface area contributed by atoms with E-state index in [9.17, 15) is 9.50 Å². The Labute approximate surface area is 108 Å². The first-order valence-corrected chi connectivity index (χ1v) is 6.80. The molecule has 18 heavy (non-hydrogen) atoms. The van der Waals surface area contributed by atoms with Crippen molar-refractivity contribution in [1.82, 2.24) is 5.32 Å². The highest BCUT2D eigenvalue weighted by molar-refractivity contribution is 5.34. The summed E-state index contributed by atoms with van der Waals surface area (Å²) in [6.07, 6.45) is 4.89. The molecule has 0 heterocycles. The van der Waals surface area contributed by atoms with E-state index in [1.807, 2.05) is 6.92 Å². The van der Waals surface area contributed by atoms with Gasteiger partial charge in [-0.15, -0.1) is 0 Å². The van der Waals surface area contributed by atoms with Crippen LogP contribution in [-0.2, 0) is 0 Å². The monoisotopic (exact) mass is 251 g/mol. The molecule has 1 aliphatic rings. The molecule has 3 atom stereocenters. The van der Waals surface area contributed by atoms with Gasteiger partial charge in [0, 0.05) is 17.6 Å². The molecule has 0 aliphatic heterocycles. The van der Waals surface area contributed by atoms with E-state index in [4.69, 9.17) is 0 Å². The van der Waals surface area contributed by atoms with Crippen molar-refractivity contribution in [2.75, 3.05) is 0 Å². The first-order valence-electron chi connectivity index (χ1n) is 6.80. The van der Waals surface area contributed by atoms with Crippen molar-refractivity contribution in [3.8, 4) is 5.75 Å². The van der Waals surface area contributed by atoms with Crippen LogP contribution in [0.1, 0.15) is 51.1 Å². The minimum Gasteiger partial charge on any atom is -0.508 e. The number of nitrogens with one attached hydrogen (secondary N) is 1. The van der Waals surface area contributed by atoms with Gasteiger partial charge in [0.1, 0.15) is 11.6 Å². The largest absolute Gasteiger partial charge is 0.508 e. The quantitative estimate of drug-likeness (QED) is 0.857. The Bertz CT molecular complexity index is 407. The summed E-state index contributed by atoms with van der Waals surface area (Å²) in [5.41, 5.74) is 0.647. The van der Waals surface area contributed by atoms with E-state index in [-0.39, 0.29) is 17.6 Å². The highest BCUT2D eigenvalue weighted by Gasteiger charge is 2.21. The maximum Gasteiger partial charge on any atom is 0.123 e. The third kappa shape index (κ3) is 3.22. The lowest BCUT2D eigenvalue weighted by molar-refractivity contribution is 0.283. The number of phenolic OH excluding ortho intramolecular Hbond substituents is 1. The standard InChI is InChI=1S/C15H22FNO/c1-10-4-3-5-13(8-10)17-11(2)14-9-12(16)6-7-15(14)18/h6-7,9-11,13,17-18H,3-5,8H2,1-2H3. The van der Waals surface area contributed by atoms with Crippen LogP contribution in [0.3, 0.4) is 0 Å². The molecule has 2 rings (SSSR count). The SMILES string of the molecule is CC1CCCC(NC(C)c2cc(F)ccc2O)C1. The smallest absolute Gasteiger partial charge is 0.123 e. The summed E-state index contributed by atoms with van der Waals surface area (Å²) >= 11 is 0. The van der Waals surface area contributed by atoms with Crippen LogP contribution in [0.5, 0.6) is 5.75 Å². The predicted octanol–water partition coefficient (Wildman–Crippen LogP) is 3.76.